The Labute approximate surface area is 641 Å². The molecule has 2 fully saturated rings. The van der Waals surface area contributed by atoms with Crippen molar-refractivity contribution in [3.05, 3.63) is 65.7 Å². The number of nitrogens with two attached hydrogens (primary N) is 9. The zero-order valence-corrected chi connectivity index (χ0v) is 63.9. The lowest BCUT2D eigenvalue weighted by Gasteiger charge is -2.32. The molecule has 2 aliphatic heterocycles. The first-order valence-corrected chi connectivity index (χ1v) is 38.8. The number of hydrogen-bond acceptors (Lipinski definition) is 21. The number of aliphatic imine (C=N–C) groups is 3. The van der Waals surface area contributed by atoms with Crippen molar-refractivity contribution >= 4 is 116 Å². The third-order valence-electron chi connectivity index (χ3n) is 17.6. The quantitative estimate of drug-likeness (QED) is 0.0137. The number of primary amides is 1. The number of nitrogens with one attached hydrogen (secondary N) is 11. The second kappa shape index (κ2) is 48.2. The molecule has 2 heterocycles. The van der Waals surface area contributed by atoms with Gasteiger partial charge in [0.25, 0.3) is 0 Å². The number of guanidine groups is 3. The van der Waals surface area contributed by atoms with Crippen LogP contribution in [0.25, 0.3) is 0 Å². The number of nitrogens with zero attached hydrogens (tertiary/aromatic N) is 4. The molecule has 0 spiro atoms. The Balaban J connectivity index is 1.85. The fourth-order valence-corrected chi connectivity index (χ4v) is 13.9. The van der Waals surface area contributed by atoms with E-state index in [2.05, 4.69) is 73.5 Å². The highest BCUT2D eigenvalue weighted by molar-refractivity contribution is 8.76. The number of amides is 13. The normalized spacial score (nSPS) is 21.8. The summed E-state index contributed by atoms with van der Waals surface area (Å²) in [5.74, 6) is -13.4. The van der Waals surface area contributed by atoms with Crippen LogP contribution in [0, 0.1) is 11.8 Å². The number of phenols is 1. The van der Waals surface area contributed by atoms with Gasteiger partial charge in [0.15, 0.2) is 17.9 Å². The van der Waals surface area contributed by atoms with Crippen LogP contribution in [0.15, 0.2) is 69.6 Å². The van der Waals surface area contributed by atoms with Crippen molar-refractivity contribution in [3.8, 4) is 5.75 Å². The van der Waals surface area contributed by atoms with Gasteiger partial charge in [-0.3, -0.25) is 77.3 Å². The van der Waals surface area contributed by atoms with Crippen molar-refractivity contribution < 1.29 is 67.4 Å². The van der Waals surface area contributed by atoms with Gasteiger partial charge in [0.1, 0.15) is 66.2 Å². The minimum absolute atomic E-state index is 0.0130. The maximum atomic E-state index is 15.1. The first kappa shape index (κ1) is 91.2. The molecule has 604 valence electrons. The van der Waals surface area contributed by atoms with E-state index in [0.717, 1.165) is 21.6 Å². The van der Waals surface area contributed by atoms with Crippen LogP contribution in [-0.2, 0) is 75.2 Å². The van der Waals surface area contributed by atoms with Crippen molar-refractivity contribution in [2.24, 2.45) is 78.4 Å². The molecule has 0 aromatic heterocycles. The zero-order valence-electron chi connectivity index (χ0n) is 62.2. The Morgan fingerprint density at radius 3 is 1.63 bits per heavy atom. The molecule has 0 bridgehead atoms. The van der Waals surface area contributed by atoms with E-state index >= 15 is 9.59 Å². The zero-order chi connectivity index (χ0) is 80.7. The highest BCUT2D eigenvalue weighted by Gasteiger charge is 2.42. The molecule has 0 aliphatic carbocycles. The highest BCUT2D eigenvalue weighted by atomic mass is 33.1. The lowest BCUT2D eigenvalue weighted by Crippen LogP contribution is -2.61. The minimum Gasteiger partial charge on any atom is -0.508 e. The topological polar surface area (TPSA) is 649 Å². The monoisotopic (exact) mass is 1560 g/mol. The van der Waals surface area contributed by atoms with E-state index in [1.165, 1.54) is 17.0 Å². The van der Waals surface area contributed by atoms with E-state index in [1.54, 1.807) is 70.2 Å². The molecular formula is C69H112N24O14S2. The number of rotatable bonds is 33. The summed E-state index contributed by atoms with van der Waals surface area (Å²) >= 11 is 0. The van der Waals surface area contributed by atoms with E-state index in [9.17, 15) is 57.8 Å². The summed E-state index contributed by atoms with van der Waals surface area (Å²) in [6.07, 6.45) is 1.25. The number of unbranched alkanes of at least 4 members (excludes halogenated alkanes) is 1. The second-order valence-corrected chi connectivity index (χ2v) is 29.6. The van der Waals surface area contributed by atoms with E-state index in [0.29, 0.717) is 30.4 Å². The first-order chi connectivity index (χ1) is 51.8. The Kier molecular flexibility index (Phi) is 40.4. The van der Waals surface area contributed by atoms with Crippen molar-refractivity contribution in [1.82, 2.24) is 63.4 Å². The molecule has 2 aliphatic rings. The van der Waals surface area contributed by atoms with Gasteiger partial charge in [-0.2, -0.15) is 0 Å². The molecule has 38 nitrogen and oxygen atoms in total. The average molecular weight is 1570 g/mol. The van der Waals surface area contributed by atoms with E-state index in [4.69, 9.17) is 51.6 Å². The van der Waals surface area contributed by atoms with Crippen LogP contribution in [0.5, 0.6) is 5.75 Å². The van der Waals surface area contributed by atoms with Gasteiger partial charge in [0.2, 0.25) is 76.8 Å². The summed E-state index contributed by atoms with van der Waals surface area (Å²) in [6.45, 7) is 5.90. The number of aromatic hydroxyl groups is 1. The van der Waals surface area contributed by atoms with Gasteiger partial charge in [0.05, 0.1) is 19.1 Å². The van der Waals surface area contributed by atoms with Gasteiger partial charge in [-0.25, -0.2) is 0 Å². The predicted molar refractivity (Wildman–Crippen MR) is 414 cm³/mol. The van der Waals surface area contributed by atoms with E-state index in [-0.39, 0.29) is 151 Å². The van der Waals surface area contributed by atoms with E-state index < -0.39 is 162 Å². The standard InChI is InChI=1S/C69H112N24O14S2/c1-5-39(4)55-65(106)88-47(20-13-29-81-69(77)78)66(107)93-30-14-21-52(93)64(105)87-44(17-9-10-26-70)59(100)89-48(31-38(2)3)61(102)90-50(56(72)97)36-108-109-37-51(63(104)86-45(18-11-27-79-67(73)74)58(99)85-46(60(101)92-55)19-12-28-80-68(75)76)91-62(103)49(33-40-15-7-6-8-16-40)84-54(96)35-82-53(95)34-83-57(98)43(71)32-41-22-24-42(94)25-23-41/h6-8,15-16,22-25,38-39,43-52,55,94H,5,9-14,17-21,26-37,70-71H2,1-4H3,(H2,72,97)(H,82,95)(H,83,98)(H,84,96)(H,85,99)(H,86,104)(H,87,105)(H,88,106)(H,89,100)(H,90,102)(H,91,103)(H,92,101)(H4,73,74,79)(H4,75,76,80)(H4,77,78,81)/t39-,43-,44-,45-,46-,47-,48-,49-,50-,51+,52+,55-/m0/s1. The molecule has 0 radical (unpaired) electrons. The van der Waals surface area contributed by atoms with Crippen molar-refractivity contribution in [2.45, 2.75) is 190 Å². The largest absolute Gasteiger partial charge is 0.508 e. The summed E-state index contributed by atoms with van der Waals surface area (Å²) in [7, 11) is 1.83. The van der Waals surface area contributed by atoms with Gasteiger partial charge >= 0.3 is 0 Å². The summed E-state index contributed by atoms with van der Waals surface area (Å²) < 4.78 is 0. The molecular weight excluding hydrogens is 1450 g/mol. The van der Waals surface area contributed by atoms with Crippen LogP contribution in [-0.4, -0.2) is 228 Å². The van der Waals surface area contributed by atoms with Crippen LogP contribution in [0.2, 0.25) is 0 Å². The molecule has 2 aromatic rings. The van der Waals surface area contributed by atoms with Gasteiger partial charge in [-0.15, -0.1) is 0 Å². The van der Waals surface area contributed by atoms with Crippen LogP contribution in [0.4, 0.5) is 0 Å². The molecule has 2 saturated heterocycles. The fraction of sp³-hybridized carbons (Fsp3) is 0.594. The summed E-state index contributed by atoms with van der Waals surface area (Å²) in [6, 6.07) is -0.875. The van der Waals surface area contributed by atoms with Crippen LogP contribution in [0.1, 0.15) is 122 Å². The molecule has 4 rings (SSSR count). The molecule has 30 N–H and O–H groups in total. The SMILES string of the molecule is CC[C@H](C)[C@@H]1NC(=O)[C@H](CCCN=C(N)N)NC(=O)[C@H](CCCN=C(N)N)NC(=O)[C@H](NC(=O)[C@H](Cc2ccccc2)NC(=O)CNC(=O)CNC(=O)[C@@H](N)Cc2ccc(O)cc2)CSSC[C@@H](C(N)=O)NC(=O)[C@H](CC(C)C)NC(=O)[C@H](CCCCN)NC(=O)[C@H]2CCCN2C(=O)[C@H](CCCN=C(N)N)NC1=O. The van der Waals surface area contributed by atoms with Gasteiger partial charge < -0.3 is 120 Å². The highest BCUT2D eigenvalue weighted by Crippen LogP contribution is 2.25. The minimum atomic E-state index is -1.65. The number of benzene rings is 2. The second-order valence-electron chi connectivity index (χ2n) is 27.0. The lowest BCUT2D eigenvalue weighted by atomic mass is 9.96. The smallest absolute Gasteiger partial charge is 0.245 e. The van der Waals surface area contributed by atoms with Gasteiger partial charge in [-0.1, -0.05) is 98.2 Å². The Hall–Kier alpha value is -10.2. The fourth-order valence-electron chi connectivity index (χ4n) is 11.6. The lowest BCUT2D eigenvalue weighted by molar-refractivity contribution is -0.143. The molecule has 0 unspecified atom stereocenters. The third-order valence-corrected chi connectivity index (χ3v) is 20.1. The summed E-state index contributed by atoms with van der Waals surface area (Å²) in [5, 5.41) is 38.9. The average Bonchev–Trinajstić information content (AvgIpc) is 1.78. The molecule has 40 heteroatoms. The Bertz CT molecular complexity index is 3460. The van der Waals surface area contributed by atoms with Crippen molar-refractivity contribution in [2.75, 3.05) is 57.3 Å². The molecule has 13 amide bonds. The molecule has 12 atom stereocenters. The number of carbonyl (C=O) groups excluding carboxylic acids is 13. The number of carbonyl (C=O) groups is 13. The summed E-state index contributed by atoms with van der Waals surface area (Å²) in [4.78, 5) is 200. The van der Waals surface area contributed by atoms with Crippen LogP contribution in [0.3, 0.4) is 0 Å². The van der Waals surface area contributed by atoms with E-state index in [1.807, 2.05) is 0 Å². The Morgan fingerprint density at radius 2 is 1.07 bits per heavy atom. The first-order valence-electron chi connectivity index (χ1n) is 36.3. The van der Waals surface area contributed by atoms with Gasteiger partial charge in [-0.05, 0) is 125 Å². The van der Waals surface area contributed by atoms with Crippen LogP contribution < -0.4 is 110 Å². The maximum absolute atomic E-state index is 15.1. The van der Waals surface area contributed by atoms with Crippen molar-refractivity contribution in [3.63, 3.8) is 0 Å². The van der Waals surface area contributed by atoms with Crippen LogP contribution >= 0.6 is 21.6 Å². The molecule has 0 saturated carbocycles. The maximum Gasteiger partial charge on any atom is 0.245 e. The molecule has 109 heavy (non-hydrogen) atoms. The van der Waals surface area contributed by atoms with Crippen molar-refractivity contribution in [1.29, 1.82) is 0 Å². The molecule has 2 aromatic carbocycles. The number of phenolic OH excluding ortho intramolecular Hbond substituents is 1. The van der Waals surface area contributed by atoms with Gasteiger partial charge in [0, 0.05) is 44.1 Å². The number of fused-ring (bicyclic) bond motifs is 1. The Morgan fingerprint density at radius 1 is 0.569 bits per heavy atom. The third kappa shape index (κ3) is 33.9. The summed E-state index contributed by atoms with van der Waals surface area (Å²) in [5.41, 5.74) is 52.9. The number of hydrogen-bond donors (Lipinski definition) is 21. The predicted octanol–water partition coefficient (Wildman–Crippen LogP) is -5.65.